The Kier molecular flexibility index (Phi) is 31.1. The summed E-state index contributed by atoms with van der Waals surface area (Å²) in [5.74, 6) is -0.864. The van der Waals surface area contributed by atoms with Gasteiger partial charge in [0.05, 0.1) is 70.9 Å². The number of pyridine rings is 2. The fourth-order valence-corrected chi connectivity index (χ4v) is 26.7. The molecule has 0 amide bonds. The van der Waals surface area contributed by atoms with E-state index < -0.39 is 41.7 Å². The number of benzene rings is 8. The maximum absolute atomic E-state index is 13.7. The van der Waals surface area contributed by atoms with Gasteiger partial charge in [0.15, 0.2) is 22.9 Å². The van der Waals surface area contributed by atoms with Gasteiger partial charge in [-0.3, -0.25) is 9.80 Å². The first kappa shape index (κ1) is 94.3. The van der Waals surface area contributed by atoms with Crippen molar-refractivity contribution < 1.29 is 61.0 Å². The van der Waals surface area contributed by atoms with Crippen LogP contribution >= 0.6 is 73.5 Å². The van der Waals surface area contributed by atoms with Crippen LogP contribution in [0.15, 0.2) is 322 Å². The Labute approximate surface area is 792 Å². The molecule has 2 spiro atoms. The van der Waals surface area contributed by atoms with Gasteiger partial charge in [-0.1, -0.05) is 231 Å². The summed E-state index contributed by atoms with van der Waals surface area (Å²) in [4.78, 5) is 24.2. The molecule has 29 heteroatoms. The van der Waals surface area contributed by atoms with Gasteiger partial charge < -0.3 is 28.3 Å². The van der Waals surface area contributed by atoms with Gasteiger partial charge in [0.1, 0.15) is 10.0 Å². The molecule has 670 valence electrons. The molecule has 0 N–H and O–H groups in total. The summed E-state index contributed by atoms with van der Waals surface area (Å²) in [6.07, 6.45) is 20.5. The molecule has 11 heterocycles. The van der Waals surface area contributed by atoms with Crippen LogP contribution in [0.4, 0.5) is 0 Å². The fraction of sp³-hybridized carbons (Fsp3) is 0.280. The van der Waals surface area contributed by atoms with Crippen molar-refractivity contribution in [1.82, 2.24) is 37.7 Å². The van der Waals surface area contributed by atoms with Crippen LogP contribution in [0.5, 0.6) is 0 Å². The van der Waals surface area contributed by atoms with E-state index >= 15 is 0 Å². The third-order valence-electron chi connectivity index (χ3n) is 24.5. The van der Waals surface area contributed by atoms with Crippen LogP contribution in [0.2, 0.25) is 0 Å². The monoisotopic (exact) mass is 2030 g/mol. The molecular formula is C100H102BBrCl2N8O10P2PdS4. The first-order valence-corrected chi connectivity index (χ1v) is 55.3. The molecule has 21 rings (SSSR count). The average molecular weight is 2030 g/mol. The van der Waals surface area contributed by atoms with Gasteiger partial charge in [0.2, 0.25) is 0 Å². The fourth-order valence-electron chi connectivity index (χ4n) is 17.0. The van der Waals surface area contributed by atoms with Gasteiger partial charge in [-0.15, -0.1) is 22.7 Å². The molecule has 2 atom stereocenters. The predicted molar refractivity (Wildman–Crippen MR) is 528 cm³/mol. The van der Waals surface area contributed by atoms with Gasteiger partial charge in [0.25, 0.3) is 20.0 Å². The molecule has 5 fully saturated rings. The number of rotatable bonds is 16. The van der Waals surface area contributed by atoms with Crippen molar-refractivity contribution in [2.24, 2.45) is 0 Å². The number of hydrogen-bond acceptors (Lipinski definition) is 18. The topological polar surface area (TPSA) is 192 Å². The molecule has 2 aliphatic carbocycles. The quantitative estimate of drug-likeness (QED) is 0.0655. The van der Waals surface area contributed by atoms with Crippen molar-refractivity contribution in [3.8, 4) is 22.5 Å². The third kappa shape index (κ3) is 21.8. The second-order valence-electron chi connectivity index (χ2n) is 33.3. The standard InChI is InChI=1S/C29H30N4O4S2.C21H19BrN4O2S2.2C18H15P.C14H23BO4.2ClH.Pd/c1-32-13-5-8-26(32)28-31-25(19-38-28)24-18-33(39(34,35)22-6-3-2-4-7-22)27-23(24)16-21(17-30-27)20-9-11-29(12-10-20)36-14-15-37-29;1-25-9-5-8-19(25)21-24-18(13-29-21)17-12-26(20-16(17)10-14(22)11-23-20)30(27,28)15-6-3-2-4-7-15;2*1-4-10-16(11-5-1)19(17-12-6-2-7-13-17)18-14-8-3-9-15-18;1-12(2)13(3,4)19-15(18-12)11-5-7-14(8-6-11)16-9-10-17-14;;;/h2-4,6-7,9,16-19,26H,5,8,10-15H2,1H3;2-4,6-7,10-13,19H,5,8-9H2,1H3;2*1-15H;5H,6-10H2,1-4H3;2*1H;/q;;;;;;;+2/p-2. The Balaban J connectivity index is 0.000000121. The molecule has 0 bridgehead atoms. The summed E-state index contributed by atoms with van der Waals surface area (Å²) in [6.45, 7) is 13.2. The number of aromatic nitrogens is 6. The second kappa shape index (κ2) is 42.6. The number of thiazole rings is 2. The normalized spacial score (nSPS) is 18.6. The Morgan fingerprint density at radius 2 is 0.814 bits per heavy atom. The Morgan fingerprint density at radius 1 is 0.473 bits per heavy atom. The first-order valence-electron chi connectivity index (χ1n) is 43.2. The molecule has 0 radical (unpaired) electrons. The van der Waals surface area contributed by atoms with E-state index in [4.69, 9.17) is 62.3 Å². The second-order valence-corrected chi connectivity index (χ2v) is 46.4. The van der Waals surface area contributed by atoms with E-state index in [1.807, 2.05) is 22.9 Å². The van der Waals surface area contributed by atoms with E-state index in [1.165, 1.54) is 57.2 Å². The van der Waals surface area contributed by atoms with Crippen molar-refractivity contribution in [2.45, 2.75) is 137 Å². The van der Waals surface area contributed by atoms with Crippen molar-refractivity contribution in [2.75, 3.05) is 53.6 Å². The summed E-state index contributed by atoms with van der Waals surface area (Å²) < 4.78 is 92.9. The number of halogens is 3. The molecule has 8 aromatic carbocycles. The van der Waals surface area contributed by atoms with Crippen LogP contribution in [0.3, 0.4) is 0 Å². The van der Waals surface area contributed by atoms with E-state index in [-0.39, 0.29) is 49.8 Å². The zero-order valence-electron chi connectivity index (χ0n) is 72.6. The van der Waals surface area contributed by atoms with Crippen molar-refractivity contribution in [3.05, 3.63) is 328 Å². The number of likely N-dealkylation sites (tertiary alicyclic amines) is 2. The van der Waals surface area contributed by atoms with Gasteiger partial charge in [0, 0.05) is 87.6 Å². The zero-order valence-corrected chi connectivity index (χ0v) is 82.3. The largest absolute Gasteiger partial charge is 0.0622 e. The van der Waals surface area contributed by atoms with Crippen LogP contribution in [-0.4, -0.2) is 138 Å². The molecule has 18 nitrogen and oxygen atoms in total. The van der Waals surface area contributed by atoms with Crippen LogP contribution < -0.4 is 31.8 Å². The van der Waals surface area contributed by atoms with E-state index in [0.29, 0.717) is 56.2 Å². The SMILES string of the molecule is CC1(C)OB(C2=CCC3(CC2)OCCO3)OC1(C)C.CN1CCCC1c1nc(-c2cn(S(=O)(=O)c3ccccc3)c3ncc(Br)cc23)cs1.CN1CCCC1c1nc(-c2cn(S(=O)(=O)c3ccccc3)c3ncc(C4=CCC5(CC4)OCCO5)cc23)cs1.[Cl][Pd][Cl].c1ccc(P(c2ccccc2)c2ccccc2)cc1.c1ccc(P(c2ccccc2)c2ccccc2)cc1. The molecule has 14 aromatic rings. The Hall–Kier alpha value is -7.89. The number of allylic oxidation sites excluding steroid dienone is 2. The van der Waals surface area contributed by atoms with Crippen LogP contribution in [0, 0.1) is 0 Å². The van der Waals surface area contributed by atoms with Gasteiger partial charge in [-0.25, -0.2) is 44.7 Å². The summed E-state index contributed by atoms with van der Waals surface area (Å²) in [7, 11) is 5.15. The summed E-state index contributed by atoms with van der Waals surface area (Å²) in [5.41, 5.74) is 6.74. The van der Waals surface area contributed by atoms with Crippen LogP contribution in [-0.2, 0) is 64.2 Å². The minimum Gasteiger partial charge on any atom is -0.0622 e. The van der Waals surface area contributed by atoms with Crippen molar-refractivity contribution in [3.63, 3.8) is 0 Å². The van der Waals surface area contributed by atoms with Crippen LogP contribution in [0.25, 0.3) is 50.2 Å². The minimum absolute atomic E-state index is 0.106. The van der Waals surface area contributed by atoms with E-state index in [0.717, 1.165) is 118 Å². The number of hydrogen-bond donors (Lipinski definition) is 0. The number of fused-ring (bicyclic) bond motifs is 2. The third-order valence-corrected chi connectivity index (χ3v) is 35.1. The molecule has 5 saturated heterocycles. The first-order chi connectivity index (χ1) is 62.5. The maximum atomic E-state index is 13.7. The average Bonchev–Trinajstić information content (AvgIpc) is 1.68. The maximum Gasteiger partial charge on any atom is -0.0134 e. The molecule has 0 saturated carbocycles. The van der Waals surface area contributed by atoms with E-state index in [9.17, 15) is 16.8 Å². The van der Waals surface area contributed by atoms with Gasteiger partial charge in [-0.05, 0) is 210 Å². The van der Waals surface area contributed by atoms with Crippen molar-refractivity contribution in [1.29, 1.82) is 0 Å². The Morgan fingerprint density at radius 3 is 1.15 bits per heavy atom. The Bertz CT molecular complexity index is 6070. The molecule has 129 heavy (non-hydrogen) atoms. The summed E-state index contributed by atoms with van der Waals surface area (Å²) >= 11 is 6.63. The van der Waals surface area contributed by atoms with E-state index in [2.05, 4.69) is 273 Å². The zero-order chi connectivity index (χ0) is 89.8. The molecule has 6 aromatic heterocycles. The molecule has 7 aliphatic rings. The molecular weight excluding hydrogens is 1930 g/mol. The van der Waals surface area contributed by atoms with Gasteiger partial charge >= 0.3 is 42.1 Å². The van der Waals surface area contributed by atoms with Gasteiger partial charge in [-0.2, -0.15) is 0 Å². The smallest absolute Gasteiger partial charge is 0.0134 e. The summed E-state index contributed by atoms with van der Waals surface area (Å²) in [6, 6.07) is 86.2. The molecule has 2 unspecified atom stereocenters. The van der Waals surface area contributed by atoms with Crippen molar-refractivity contribution >= 4 is 160 Å². The molecule has 5 aliphatic heterocycles. The van der Waals surface area contributed by atoms with E-state index in [1.54, 1.807) is 102 Å². The minimum atomic E-state index is -3.85. The predicted octanol–water partition coefficient (Wildman–Crippen LogP) is 21.1. The summed E-state index contributed by atoms with van der Waals surface area (Å²) in [5, 5.41) is 16.1. The number of ether oxygens (including phenoxy) is 4. The number of nitrogens with zero attached hydrogens (tertiary/aromatic N) is 8. The van der Waals surface area contributed by atoms with Crippen LogP contribution in [0.1, 0.15) is 120 Å².